The molecule has 0 unspecified atom stereocenters. The molecule has 0 atom stereocenters. The second-order valence-electron chi connectivity index (χ2n) is 5.58. The Bertz CT molecular complexity index is 967. The molecule has 0 bridgehead atoms. The van der Waals surface area contributed by atoms with Gasteiger partial charge in [0.2, 0.25) is 0 Å². The van der Waals surface area contributed by atoms with E-state index in [1.54, 1.807) is 41.1 Å². The summed E-state index contributed by atoms with van der Waals surface area (Å²) in [6, 6.07) is 12.7. The zero-order valence-electron chi connectivity index (χ0n) is 14.9. The predicted molar refractivity (Wildman–Crippen MR) is 98.1 cm³/mol. The minimum absolute atomic E-state index is 0.305. The zero-order valence-corrected chi connectivity index (χ0v) is 14.9. The molecular formula is C19H16N4O5. The maximum atomic E-state index is 12.1. The number of aromatic nitrogens is 3. The molecule has 1 heterocycles. The second-order valence-corrected chi connectivity index (χ2v) is 5.58. The van der Waals surface area contributed by atoms with Crippen molar-refractivity contribution < 1.29 is 23.9 Å². The average molecular weight is 380 g/mol. The first-order valence-electron chi connectivity index (χ1n) is 8.17. The Hall–Kier alpha value is -4.01. The van der Waals surface area contributed by atoms with Crippen LogP contribution >= 0.6 is 0 Å². The highest BCUT2D eigenvalue weighted by molar-refractivity contribution is 5.96. The number of nitrogens with zero attached hydrogens (tertiary/aromatic N) is 3. The molecule has 0 saturated heterocycles. The highest BCUT2D eigenvalue weighted by Gasteiger charge is 2.11. The fourth-order valence-corrected chi connectivity index (χ4v) is 2.31. The first-order valence-corrected chi connectivity index (χ1v) is 8.17. The summed E-state index contributed by atoms with van der Waals surface area (Å²) in [5.41, 5.74) is 1.87. The van der Waals surface area contributed by atoms with Gasteiger partial charge in [-0.3, -0.25) is 4.79 Å². The molecule has 3 rings (SSSR count). The van der Waals surface area contributed by atoms with Crippen LogP contribution in [0, 0.1) is 0 Å². The predicted octanol–water partition coefficient (Wildman–Crippen LogP) is 1.85. The first kappa shape index (κ1) is 18.8. The Morgan fingerprint density at radius 1 is 0.964 bits per heavy atom. The first-order chi connectivity index (χ1) is 13.6. The van der Waals surface area contributed by atoms with E-state index in [1.807, 2.05) is 0 Å². The van der Waals surface area contributed by atoms with Crippen LogP contribution in [0.1, 0.15) is 20.7 Å². The third-order valence-electron chi connectivity index (χ3n) is 3.71. The number of carbonyl (C=O) groups is 3. The third kappa shape index (κ3) is 4.58. The van der Waals surface area contributed by atoms with Gasteiger partial charge in [0.1, 0.15) is 12.7 Å². The fraction of sp³-hybridized carbons (Fsp3) is 0.105. The molecule has 3 aromatic rings. The molecular weight excluding hydrogens is 364 g/mol. The highest BCUT2D eigenvalue weighted by Crippen LogP contribution is 2.11. The number of rotatable bonds is 6. The number of amides is 1. The van der Waals surface area contributed by atoms with Crippen molar-refractivity contribution in [3.05, 3.63) is 72.3 Å². The van der Waals surface area contributed by atoms with Gasteiger partial charge in [-0.25, -0.2) is 19.3 Å². The van der Waals surface area contributed by atoms with Gasteiger partial charge in [-0.2, -0.15) is 5.10 Å². The molecule has 1 aromatic heterocycles. The third-order valence-corrected chi connectivity index (χ3v) is 3.71. The molecule has 28 heavy (non-hydrogen) atoms. The number of hydrogen-bond donors (Lipinski definition) is 1. The van der Waals surface area contributed by atoms with Crippen LogP contribution in [0.15, 0.2) is 61.2 Å². The second kappa shape index (κ2) is 8.58. The number of nitrogens with one attached hydrogen (secondary N) is 1. The van der Waals surface area contributed by atoms with Crippen LogP contribution in [0.25, 0.3) is 5.69 Å². The van der Waals surface area contributed by atoms with E-state index in [4.69, 9.17) is 4.74 Å². The van der Waals surface area contributed by atoms with E-state index in [2.05, 4.69) is 20.1 Å². The Kier molecular flexibility index (Phi) is 5.75. The number of anilines is 1. The molecule has 0 aliphatic rings. The normalized spacial score (nSPS) is 10.2. The maximum Gasteiger partial charge on any atom is 0.338 e. The van der Waals surface area contributed by atoms with E-state index in [1.165, 1.54) is 31.9 Å². The van der Waals surface area contributed by atoms with Crippen molar-refractivity contribution in [2.24, 2.45) is 0 Å². The van der Waals surface area contributed by atoms with Gasteiger partial charge in [0.05, 0.1) is 23.9 Å². The van der Waals surface area contributed by atoms with E-state index in [0.717, 1.165) is 5.69 Å². The Morgan fingerprint density at radius 2 is 1.61 bits per heavy atom. The van der Waals surface area contributed by atoms with Gasteiger partial charge in [-0.1, -0.05) is 0 Å². The van der Waals surface area contributed by atoms with E-state index in [-0.39, 0.29) is 0 Å². The van der Waals surface area contributed by atoms with Gasteiger partial charge in [0.15, 0.2) is 6.61 Å². The smallest absolute Gasteiger partial charge is 0.338 e. The largest absolute Gasteiger partial charge is 0.465 e. The molecule has 1 N–H and O–H groups in total. The molecule has 1 amide bonds. The Balaban J connectivity index is 1.51. The average Bonchev–Trinajstić information content (AvgIpc) is 3.27. The summed E-state index contributed by atoms with van der Waals surface area (Å²) >= 11 is 0. The van der Waals surface area contributed by atoms with Crippen LogP contribution in [0.2, 0.25) is 0 Å². The summed E-state index contributed by atoms with van der Waals surface area (Å²) in [5, 5.41) is 6.56. The quantitative estimate of drug-likeness (QED) is 0.649. The van der Waals surface area contributed by atoms with Gasteiger partial charge in [0.25, 0.3) is 5.91 Å². The summed E-state index contributed by atoms with van der Waals surface area (Å²) in [6.07, 6.45) is 2.94. The fourth-order valence-electron chi connectivity index (χ4n) is 2.31. The van der Waals surface area contributed by atoms with Crippen LogP contribution in [0.4, 0.5) is 5.69 Å². The summed E-state index contributed by atoms with van der Waals surface area (Å²) in [7, 11) is 1.29. The van der Waals surface area contributed by atoms with Crippen molar-refractivity contribution in [2.75, 3.05) is 19.0 Å². The van der Waals surface area contributed by atoms with Crippen LogP contribution in [-0.2, 0) is 14.3 Å². The highest BCUT2D eigenvalue weighted by atomic mass is 16.5. The number of carbonyl (C=O) groups excluding carboxylic acids is 3. The van der Waals surface area contributed by atoms with Crippen molar-refractivity contribution >= 4 is 23.5 Å². The van der Waals surface area contributed by atoms with E-state index in [0.29, 0.717) is 16.8 Å². The molecule has 0 saturated carbocycles. The lowest BCUT2D eigenvalue weighted by Gasteiger charge is -2.08. The van der Waals surface area contributed by atoms with Crippen molar-refractivity contribution in [1.29, 1.82) is 0 Å². The maximum absolute atomic E-state index is 12.1. The Morgan fingerprint density at radius 3 is 2.21 bits per heavy atom. The Labute approximate surface area is 159 Å². The molecule has 0 aliphatic carbocycles. The summed E-state index contributed by atoms with van der Waals surface area (Å²) in [5.74, 6) is -1.60. The molecule has 9 nitrogen and oxygen atoms in total. The summed E-state index contributed by atoms with van der Waals surface area (Å²) in [6.45, 7) is -0.442. The van der Waals surface area contributed by atoms with Crippen LogP contribution in [-0.4, -0.2) is 46.3 Å². The molecule has 9 heteroatoms. The lowest BCUT2D eigenvalue weighted by molar-refractivity contribution is -0.119. The van der Waals surface area contributed by atoms with Crippen molar-refractivity contribution in [3.8, 4) is 5.69 Å². The molecule has 0 aliphatic heterocycles. The van der Waals surface area contributed by atoms with Gasteiger partial charge >= 0.3 is 11.9 Å². The number of esters is 2. The van der Waals surface area contributed by atoms with Crippen molar-refractivity contribution in [2.45, 2.75) is 0 Å². The van der Waals surface area contributed by atoms with Gasteiger partial charge in [-0.15, -0.1) is 0 Å². The molecule has 0 fully saturated rings. The topological polar surface area (TPSA) is 112 Å². The lowest BCUT2D eigenvalue weighted by Crippen LogP contribution is -2.21. The van der Waals surface area contributed by atoms with E-state index in [9.17, 15) is 14.4 Å². The summed E-state index contributed by atoms with van der Waals surface area (Å²) < 4.78 is 11.2. The molecule has 0 spiro atoms. The van der Waals surface area contributed by atoms with Gasteiger partial charge in [0, 0.05) is 5.69 Å². The van der Waals surface area contributed by atoms with E-state index >= 15 is 0 Å². The van der Waals surface area contributed by atoms with Gasteiger partial charge in [-0.05, 0) is 48.5 Å². The van der Waals surface area contributed by atoms with Crippen molar-refractivity contribution in [1.82, 2.24) is 14.8 Å². The number of methoxy groups -OCH3 is 1. The molecule has 0 radical (unpaired) electrons. The van der Waals surface area contributed by atoms with Gasteiger partial charge < -0.3 is 14.8 Å². The number of hydrogen-bond acceptors (Lipinski definition) is 7. The van der Waals surface area contributed by atoms with Crippen LogP contribution in [0.3, 0.4) is 0 Å². The SMILES string of the molecule is COC(=O)c1ccc(NC(=O)COC(=O)c2ccc(-n3cncn3)cc2)cc1. The lowest BCUT2D eigenvalue weighted by atomic mass is 10.2. The monoisotopic (exact) mass is 380 g/mol. The van der Waals surface area contributed by atoms with Crippen LogP contribution < -0.4 is 5.32 Å². The number of benzene rings is 2. The minimum atomic E-state index is -0.624. The van der Waals surface area contributed by atoms with Crippen molar-refractivity contribution in [3.63, 3.8) is 0 Å². The minimum Gasteiger partial charge on any atom is -0.465 e. The molecule has 2 aromatic carbocycles. The molecule has 142 valence electrons. The zero-order chi connectivity index (χ0) is 19.9. The summed E-state index contributed by atoms with van der Waals surface area (Å²) in [4.78, 5) is 39.2. The number of ether oxygens (including phenoxy) is 2. The standard InChI is InChI=1S/C19H16N4O5/c1-27-18(25)13-2-6-15(7-3-13)22-17(24)10-28-19(26)14-4-8-16(9-5-14)23-12-20-11-21-23/h2-9,11-12H,10H2,1H3,(H,22,24). The van der Waals surface area contributed by atoms with Crippen LogP contribution in [0.5, 0.6) is 0 Å². The van der Waals surface area contributed by atoms with E-state index < -0.39 is 24.5 Å².